The van der Waals surface area contributed by atoms with E-state index in [1.807, 2.05) is 37.3 Å². The minimum atomic E-state index is -3.80. The molecule has 0 aliphatic carbocycles. The van der Waals surface area contributed by atoms with Crippen molar-refractivity contribution >= 4 is 10.0 Å². The Kier molecular flexibility index (Phi) is 6.52. The lowest BCUT2D eigenvalue weighted by Crippen LogP contribution is -2.29. The number of nitrogens with one attached hydrogen (secondary N) is 1. The first-order chi connectivity index (χ1) is 15.9. The summed E-state index contributed by atoms with van der Waals surface area (Å²) in [4.78, 5) is 0.152. The van der Waals surface area contributed by atoms with Crippen LogP contribution in [0.5, 0.6) is 11.8 Å². The Morgan fingerprint density at radius 3 is 2.21 bits per heavy atom. The van der Waals surface area contributed by atoms with Crippen molar-refractivity contribution in [1.29, 1.82) is 0 Å². The van der Waals surface area contributed by atoms with E-state index in [0.717, 1.165) is 11.1 Å². The second kappa shape index (κ2) is 9.51. The van der Waals surface area contributed by atoms with Crippen LogP contribution in [0.25, 0.3) is 11.1 Å². The first-order valence-electron chi connectivity index (χ1n) is 10.4. The van der Waals surface area contributed by atoms with Crippen LogP contribution in [-0.4, -0.2) is 23.2 Å². The highest BCUT2D eigenvalue weighted by Gasteiger charge is 2.24. The standard InChI is InChI=1S/C24H23FN4O3S/c1-3-29-23(26-27-24(29)32-21-13-11-20(25)12-14-21)17(2)28-33(30,31)22-15-9-19(10-16-22)18-7-5-4-6-8-18/h4-17,28H,3H2,1-2H3/t17-/m1/s1. The molecule has 3 aromatic carbocycles. The van der Waals surface area contributed by atoms with E-state index < -0.39 is 16.1 Å². The second-order valence-corrected chi connectivity index (χ2v) is 9.09. The van der Waals surface area contributed by atoms with Crippen molar-refractivity contribution < 1.29 is 17.5 Å². The molecule has 0 saturated carbocycles. The lowest BCUT2D eigenvalue weighted by Gasteiger charge is -2.15. The van der Waals surface area contributed by atoms with Gasteiger partial charge in [-0.25, -0.2) is 17.5 Å². The summed E-state index contributed by atoms with van der Waals surface area (Å²) < 4.78 is 49.1. The van der Waals surface area contributed by atoms with Crippen molar-refractivity contribution in [3.8, 4) is 22.9 Å². The molecular weight excluding hydrogens is 443 g/mol. The number of hydrogen-bond acceptors (Lipinski definition) is 5. The molecule has 0 aliphatic heterocycles. The summed E-state index contributed by atoms with van der Waals surface area (Å²) in [7, 11) is -3.80. The minimum absolute atomic E-state index is 0.152. The molecule has 9 heteroatoms. The predicted molar refractivity (Wildman–Crippen MR) is 123 cm³/mol. The van der Waals surface area contributed by atoms with Gasteiger partial charge in [-0.05, 0) is 61.4 Å². The van der Waals surface area contributed by atoms with Crippen LogP contribution in [0.1, 0.15) is 25.7 Å². The maximum Gasteiger partial charge on any atom is 0.322 e. The van der Waals surface area contributed by atoms with Crippen LogP contribution < -0.4 is 9.46 Å². The van der Waals surface area contributed by atoms with E-state index in [-0.39, 0.29) is 16.7 Å². The first kappa shape index (κ1) is 22.6. The van der Waals surface area contributed by atoms with Crippen LogP contribution in [0, 0.1) is 5.82 Å². The van der Waals surface area contributed by atoms with Crippen LogP contribution in [0.2, 0.25) is 0 Å². The lowest BCUT2D eigenvalue weighted by molar-refractivity contribution is 0.407. The third-order valence-corrected chi connectivity index (χ3v) is 6.63. The molecule has 170 valence electrons. The minimum Gasteiger partial charge on any atom is -0.424 e. The van der Waals surface area contributed by atoms with Gasteiger partial charge in [-0.1, -0.05) is 47.6 Å². The zero-order valence-corrected chi connectivity index (χ0v) is 19.0. The molecule has 1 heterocycles. The number of benzene rings is 3. The highest BCUT2D eigenvalue weighted by atomic mass is 32.2. The van der Waals surface area contributed by atoms with Gasteiger partial charge in [-0.3, -0.25) is 4.57 Å². The van der Waals surface area contributed by atoms with Crippen molar-refractivity contribution in [2.24, 2.45) is 0 Å². The monoisotopic (exact) mass is 466 g/mol. The molecule has 0 spiro atoms. The van der Waals surface area contributed by atoms with E-state index in [2.05, 4.69) is 14.9 Å². The van der Waals surface area contributed by atoms with Gasteiger partial charge in [-0.15, -0.1) is 5.10 Å². The normalized spacial score (nSPS) is 12.5. The Bertz CT molecular complexity index is 1320. The number of hydrogen-bond donors (Lipinski definition) is 1. The van der Waals surface area contributed by atoms with E-state index in [9.17, 15) is 12.8 Å². The van der Waals surface area contributed by atoms with Gasteiger partial charge in [0, 0.05) is 6.54 Å². The maximum atomic E-state index is 13.1. The molecule has 0 unspecified atom stereocenters. The fourth-order valence-electron chi connectivity index (χ4n) is 3.41. The van der Waals surface area contributed by atoms with Crippen molar-refractivity contribution in [3.63, 3.8) is 0 Å². The van der Waals surface area contributed by atoms with Gasteiger partial charge in [0.2, 0.25) is 10.0 Å². The molecule has 0 fully saturated rings. The van der Waals surface area contributed by atoms with E-state index in [4.69, 9.17) is 4.74 Å². The van der Waals surface area contributed by atoms with Gasteiger partial charge in [0.05, 0.1) is 10.9 Å². The summed E-state index contributed by atoms with van der Waals surface area (Å²) in [6.07, 6.45) is 0. The third kappa shape index (κ3) is 5.10. The van der Waals surface area contributed by atoms with E-state index in [1.54, 1.807) is 35.8 Å². The van der Waals surface area contributed by atoms with Crippen LogP contribution in [0.15, 0.2) is 83.8 Å². The smallest absolute Gasteiger partial charge is 0.322 e. The summed E-state index contributed by atoms with van der Waals surface area (Å²) in [5, 5.41) is 8.16. The zero-order valence-electron chi connectivity index (χ0n) is 18.1. The van der Waals surface area contributed by atoms with E-state index >= 15 is 0 Å². The number of sulfonamides is 1. The lowest BCUT2D eigenvalue weighted by atomic mass is 10.1. The molecule has 0 radical (unpaired) electrons. The Morgan fingerprint density at radius 2 is 1.58 bits per heavy atom. The first-order valence-corrected chi connectivity index (χ1v) is 11.9. The molecule has 1 aromatic heterocycles. The maximum absolute atomic E-state index is 13.1. The van der Waals surface area contributed by atoms with Crippen molar-refractivity contribution in [2.45, 2.75) is 31.3 Å². The Hall–Kier alpha value is -3.56. The Balaban J connectivity index is 1.52. The third-order valence-electron chi connectivity index (χ3n) is 5.08. The quantitative estimate of drug-likeness (QED) is 0.398. The summed E-state index contributed by atoms with van der Waals surface area (Å²) in [6, 6.07) is 21.5. The molecule has 1 atom stereocenters. The predicted octanol–water partition coefficient (Wildman–Crippen LogP) is 4.94. The van der Waals surface area contributed by atoms with Gasteiger partial charge in [0.25, 0.3) is 0 Å². The molecule has 7 nitrogen and oxygen atoms in total. The van der Waals surface area contributed by atoms with Crippen LogP contribution in [0.3, 0.4) is 0 Å². The van der Waals surface area contributed by atoms with E-state index in [0.29, 0.717) is 18.1 Å². The molecule has 0 saturated heterocycles. The average Bonchev–Trinajstić information content (AvgIpc) is 3.23. The number of ether oxygens (including phenoxy) is 1. The van der Waals surface area contributed by atoms with Gasteiger partial charge in [-0.2, -0.15) is 0 Å². The second-order valence-electron chi connectivity index (χ2n) is 7.37. The van der Waals surface area contributed by atoms with Gasteiger partial charge in [0.15, 0.2) is 5.82 Å². The fraction of sp³-hybridized carbons (Fsp3) is 0.167. The van der Waals surface area contributed by atoms with Crippen molar-refractivity contribution in [3.05, 3.63) is 90.5 Å². The van der Waals surface area contributed by atoms with Crippen LogP contribution >= 0.6 is 0 Å². The molecule has 0 aliphatic rings. The van der Waals surface area contributed by atoms with Crippen molar-refractivity contribution in [2.75, 3.05) is 0 Å². The molecule has 33 heavy (non-hydrogen) atoms. The van der Waals surface area contributed by atoms with E-state index in [1.165, 1.54) is 24.3 Å². The highest BCUT2D eigenvalue weighted by molar-refractivity contribution is 7.89. The molecule has 4 aromatic rings. The zero-order chi connectivity index (χ0) is 23.4. The topological polar surface area (TPSA) is 86.1 Å². The number of aromatic nitrogens is 3. The Morgan fingerprint density at radius 1 is 0.939 bits per heavy atom. The molecule has 4 rings (SSSR count). The SMILES string of the molecule is CCn1c(Oc2ccc(F)cc2)nnc1[C@@H](C)NS(=O)(=O)c1ccc(-c2ccccc2)cc1. The fourth-order valence-corrected chi connectivity index (χ4v) is 4.61. The molecule has 0 amide bonds. The molecule has 0 bridgehead atoms. The highest BCUT2D eigenvalue weighted by Crippen LogP contribution is 2.25. The summed E-state index contributed by atoms with van der Waals surface area (Å²) >= 11 is 0. The van der Waals surface area contributed by atoms with Crippen molar-refractivity contribution in [1.82, 2.24) is 19.5 Å². The van der Waals surface area contributed by atoms with Crippen LogP contribution in [0.4, 0.5) is 4.39 Å². The molecule has 1 N–H and O–H groups in total. The average molecular weight is 467 g/mol. The molecular formula is C24H23FN4O3S. The summed E-state index contributed by atoms with van der Waals surface area (Å²) in [5.41, 5.74) is 1.93. The summed E-state index contributed by atoms with van der Waals surface area (Å²) in [6.45, 7) is 4.01. The van der Waals surface area contributed by atoms with Gasteiger partial charge in [0.1, 0.15) is 11.6 Å². The Labute approximate surface area is 191 Å². The summed E-state index contributed by atoms with van der Waals surface area (Å²) in [5.74, 6) is 0.427. The van der Waals surface area contributed by atoms with Gasteiger partial charge < -0.3 is 4.74 Å². The number of nitrogens with zero attached hydrogens (tertiary/aromatic N) is 3. The number of halogens is 1. The van der Waals surface area contributed by atoms with Crippen LogP contribution in [-0.2, 0) is 16.6 Å². The number of rotatable bonds is 8. The van der Waals surface area contributed by atoms with Gasteiger partial charge >= 0.3 is 6.01 Å². The largest absolute Gasteiger partial charge is 0.424 e.